The van der Waals surface area contributed by atoms with Gasteiger partial charge in [-0.05, 0) is 69.6 Å². The van der Waals surface area contributed by atoms with E-state index < -0.39 is 10.0 Å². The molecule has 1 fully saturated rings. The molecule has 1 saturated heterocycles. The van der Waals surface area contributed by atoms with Gasteiger partial charge in [-0.15, -0.1) is 0 Å². The second kappa shape index (κ2) is 12.2. The monoisotopic (exact) mass is 448 g/mol. The molecule has 7 nitrogen and oxygen atoms in total. The summed E-state index contributed by atoms with van der Waals surface area (Å²) in [4.78, 5) is 4.91. The van der Waals surface area contributed by atoms with Crippen molar-refractivity contribution < 1.29 is 13.2 Å². The van der Waals surface area contributed by atoms with Crippen LogP contribution in [0, 0.1) is 0 Å². The van der Waals surface area contributed by atoms with E-state index in [2.05, 4.69) is 26.4 Å². The topological polar surface area (TPSA) is 91.8 Å². The van der Waals surface area contributed by atoms with Crippen molar-refractivity contribution in [3.8, 4) is 0 Å². The van der Waals surface area contributed by atoms with Gasteiger partial charge in [0.1, 0.15) is 0 Å². The van der Waals surface area contributed by atoms with Crippen molar-refractivity contribution in [2.75, 3.05) is 26.2 Å². The lowest BCUT2D eigenvalue weighted by Gasteiger charge is -2.15. The third kappa shape index (κ3) is 7.94. The van der Waals surface area contributed by atoms with Crippen LogP contribution in [0.1, 0.15) is 57.4 Å². The zero-order valence-corrected chi connectivity index (χ0v) is 19.3. The summed E-state index contributed by atoms with van der Waals surface area (Å²) in [6.07, 6.45) is 10.3. The highest BCUT2D eigenvalue weighted by atomic mass is 32.2. The maximum Gasteiger partial charge on any atom is 0.240 e. The molecule has 1 unspecified atom stereocenters. The van der Waals surface area contributed by atoms with E-state index in [1.54, 1.807) is 17.7 Å². The van der Waals surface area contributed by atoms with Crippen molar-refractivity contribution in [2.24, 2.45) is 4.99 Å². The Morgan fingerprint density at radius 2 is 2.00 bits per heavy atom. The number of rotatable bonds is 10. The molecule has 0 amide bonds. The summed E-state index contributed by atoms with van der Waals surface area (Å²) in [7, 11) is -3.52. The maximum atomic E-state index is 12.5. The Morgan fingerprint density at radius 3 is 2.68 bits per heavy atom. The van der Waals surface area contributed by atoms with E-state index in [1.165, 1.54) is 25.7 Å². The lowest BCUT2D eigenvalue weighted by molar-refractivity contribution is 0.114. The molecule has 0 radical (unpaired) electrons. The summed E-state index contributed by atoms with van der Waals surface area (Å²) < 4.78 is 33.1. The van der Waals surface area contributed by atoms with Crippen molar-refractivity contribution in [1.82, 2.24) is 15.4 Å². The SMILES string of the molecule is CCNC(=NCc1ccc(S(=O)(=O)NCC2CCCO2)cc1)NCCC1=CCCCC1. The van der Waals surface area contributed by atoms with Gasteiger partial charge in [0.2, 0.25) is 10.0 Å². The van der Waals surface area contributed by atoms with Crippen molar-refractivity contribution in [1.29, 1.82) is 0 Å². The van der Waals surface area contributed by atoms with Gasteiger partial charge in [0.25, 0.3) is 0 Å². The second-order valence-corrected chi connectivity index (χ2v) is 9.88. The summed E-state index contributed by atoms with van der Waals surface area (Å²) in [5.41, 5.74) is 2.50. The summed E-state index contributed by atoms with van der Waals surface area (Å²) in [6.45, 7) is 5.23. The van der Waals surface area contributed by atoms with Gasteiger partial charge in [-0.2, -0.15) is 0 Å². The van der Waals surface area contributed by atoms with Crippen LogP contribution in [-0.4, -0.2) is 46.7 Å². The number of benzene rings is 1. The molecule has 1 aliphatic heterocycles. The Balaban J connectivity index is 1.50. The van der Waals surface area contributed by atoms with Crippen LogP contribution in [0.5, 0.6) is 0 Å². The van der Waals surface area contributed by atoms with Crippen molar-refractivity contribution in [3.05, 3.63) is 41.5 Å². The van der Waals surface area contributed by atoms with Crippen LogP contribution >= 0.6 is 0 Å². The number of ether oxygens (including phenoxy) is 1. The molecule has 0 bridgehead atoms. The van der Waals surface area contributed by atoms with E-state index >= 15 is 0 Å². The van der Waals surface area contributed by atoms with Crippen molar-refractivity contribution in [2.45, 2.75) is 69.4 Å². The van der Waals surface area contributed by atoms with Crippen LogP contribution in [-0.2, 0) is 21.3 Å². The van der Waals surface area contributed by atoms with Crippen LogP contribution in [0.4, 0.5) is 0 Å². The lowest BCUT2D eigenvalue weighted by Crippen LogP contribution is -2.37. The Bertz CT molecular complexity index is 844. The fourth-order valence-electron chi connectivity index (χ4n) is 3.85. The first kappa shape index (κ1) is 23.8. The fraction of sp³-hybridized carbons (Fsp3) is 0.609. The molecule has 8 heteroatoms. The van der Waals surface area contributed by atoms with Crippen LogP contribution in [0.2, 0.25) is 0 Å². The number of nitrogens with zero attached hydrogens (tertiary/aromatic N) is 1. The molecule has 1 aromatic carbocycles. The van der Waals surface area contributed by atoms with Crippen LogP contribution in [0.15, 0.2) is 45.8 Å². The predicted octanol–water partition coefficient (Wildman–Crippen LogP) is 3.09. The molecule has 31 heavy (non-hydrogen) atoms. The first-order valence-electron chi connectivity index (χ1n) is 11.5. The summed E-state index contributed by atoms with van der Waals surface area (Å²) in [5.74, 6) is 0.786. The first-order chi connectivity index (χ1) is 15.1. The summed E-state index contributed by atoms with van der Waals surface area (Å²) in [6, 6.07) is 6.91. The Morgan fingerprint density at radius 1 is 1.16 bits per heavy atom. The number of guanidine groups is 1. The molecule has 2 aliphatic rings. The molecular formula is C23H36N4O3S. The summed E-state index contributed by atoms with van der Waals surface area (Å²) in [5, 5.41) is 6.67. The average Bonchev–Trinajstić information content (AvgIpc) is 3.31. The number of nitrogens with one attached hydrogen (secondary N) is 3. The van der Waals surface area contributed by atoms with Gasteiger partial charge < -0.3 is 15.4 Å². The van der Waals surface area contributed by atoms with Gasteiger partial charge in [-0.25, -0.2) is 18.1 Å². The smallest absolute Gasteiger partial charge is 0.240 e. The highest BCUT2D eigenvalue weighted by Crippen LogP contribution is 2.19. The van der Waals surface area contributed by atoms with Crippen molar-refractivity contribution in [3.63, 3.8) is 0 Å². The Kier molecular flexibility index (Phi) is 9.36. The number of allylic oxidation sites excluding steroid dienone is 1. The third-order valence-corrected chi connectivity index (χ3v) is 7.09. The van der Waals surface area contributed by atoms with Gasteiger partial charge >= 0.3 is 0 Å². The van der Waals surface area contributed by atoms with Crippen LogP contribution < -0.4 is 15.4 Å². The highest BCUT2D eigenvalue weighted by molar-refractivity contribution is 7.89. The molecule has 3 rings (SSSR count). The largest absolute Gasteiger partial charge is 0.377 e. The van der Waals surface area contributed by atoms with Gasteiger partial charge in [0.05, 0.1) is 17.5 Å². The molecule has 1 heterocycles. The standard InChI is InChI=1S/C23H36N4O3S/c1-2-24-23(25-15-14-19-7-4-3-5-8-19)26-17-20-10-12-22(13-11-20)31(28,29)27-18-21-9-6-16-30-21/h7,10-13,21,27H,2-6,8-9,14-18H2,1H3,(H2,24,25,26). The van der Waals surface area contributed by atoms with E-state index in [9.17, 15) is 8.42 Å². The molecule has 172 valence electrons. The molecule has 3 N–H and O–H groups in total. The number of aliphatic imine (C=N–C) groups is 1. The molecule has 0 saturated carbocycles. The fourth-order valence-corrected chi connectivity index (χ4v) is 4.92. The Labute approximate surface area is 186 Å². The van der Waals surface area contributed by atoms with Gasteiger partial charge in [0.15, 0.2) is 5.96 Å². The molecule has 0 spiro atoms. The van der Waals surface area contributed by atoms with Gasteiger partial charge in [-0.3, -0.25) is 0 Å². The van der Waals surface area contributed by atoms with Crippen LogP contribution in [0.25, 0.3) is 0 Å². The van der Waals surface area contributed by atoms with Crippen LogP contribution in [0.3, 0.4) is 0 Å². The zero-order chi connectivity index (χ0) is 21.9. The Hall–Kier alpha value is -1.90. The highest BCUT2D eigenvalue weighted by Gasteiger charge is 2.20. The zero-order valence-electron chi connectivity index (χ0n) is 18.5. The van der Waals surface area contributed by atoms with E-state index in [4.69, 9.17) is 4.74 Å². The molecule has 1 atom stereocenters. The quantitative estimate of drug-likeness (QED) is 0.291. The minimum absolute atomic E-state index is 0.0187. The van der Waals surface area contributed by atoms with Crippen molar-refractivity contribution >= 4 is 16.0 Å². The van der Waals surface area contributed by atoms with Gasteiger partial charge in [0, 0.05) is 26.2 Å². The lowest BCUT2D eigenvalue weighted by atomic mass is 9.97. The number of hydrogen-bond acceptors (Lipinski definition) is 4. The molecule has 1 aromatic rings. The maximum absolute atomic E-state index is 12.5. The van der Waals surface area contributed by atoms with Gasteiger partial charge in [-0.1, -0.05) is 23.8 Å². The minimum atomic E-state index is -3.52. The average molecular weight is 449 g/mol. The number of hydrogen-bond donors (Lipinski definition) is 3. The minimum Gasteiger partial charge on any atom is -0.377 e. The summed E-state index contributed by atoms with van der Waals surface area (Å²) >= 11 is 0. The van der Waals surface area contributed by atoms with E-state index in [1.807, 2.05) is 19.1 Å². The molecular weight excluding hydrogens is 412 g/mol. The van der Waals surface area contributed by atoms with E-state index in [0.29, 0.717) is 19.7 Å². The van der Waals surface area contributed by atoms with E-state index in [0.717, 1.165) is 43.9 Å². The molecule has 0 aromatic heterocycles. The third-order valence-electron chi connectivity index (χ3n) is 5.65. The predicted molar refractivity (Wildman–Crippen MR) is 125 cm³/mol. The normalized spacial score (nSPS) is 19.8. The first-order valence-corrected chi connectivity index (χ1v) is 13.0. The molecule has 1 aliphatic carbocycles. The second-order valence-electron chi connectivity index (χ2n) is 8.11. The van der Waals surface area contributed by atoms with E-state index in [-0.39, 0.29) is 11.0 Å². The number of sulfonamides is 1.